The Morgan fingerprint density at radius 2 is 2.33 bits per heavy atom. The first kappa shape index (κ1) is 9.26. The van der Waals surface area contributed by atoms with Crippen molar-refractivity contribution in [3.8, 4) is 0 Å². The molecule has 68 valence electrons. The van der Waals surface area contributed by atoms with Gasteiger partial charge in [0, 0.05) is 5.41 Å². The van der Waals surface area contributed by atoms with Gasteiger partial charge in [0.15, 0.2) is 0 Å². The van der Waals surface area contributed by atoms with Crippen LogP contribution in [-0.4, -0.2) is 23.3 Å². The second-order valence-corrected chi connectivity index (χ2v) is 3.69. The third-order valence-corrected chi connectivity index (χ3v) is 2.42. The van der Waals surface area contributed by atoms with Crippen molar-refractivity contribution < 1.29 is 14.6 Å². The summed E-state index contributed by atoms with van der Waals surface area (Å²) in [5.74, 6) is -0.355. The summed E-state index contributed by atoms with van der Waals surface area (Å²) in [4.78, 5) is 10.9. The Bertz CT molecular complexity index is 208. The van der Waals surface area contributed by atoms with E-state index in [9.17, 15) is 9.90 Å². The Kier molecular flexibility index (Phi) is 2.24. The first-order valence-electron chi connectivity index (χ1n) is 3.98. The second-order valence-electron chi connectivity index (χ2n) is 3.69. The molecule has 0 radical (unpaired) electrons. The van der Waals surface area contributed by atoms with Crippen molar-refractivity contribution in [3.05, 3.63) is 12.7 Å². The topological polar surface area (TPSA) is 46.5 Å². The SMILES string of the molecule is C=C[C@@H]1OC(=O)C[C@H](O)C1(C)C. The minimum atomic E-state index is -0.637. The molecule has 1 fully saturated rings. The van der Waals surface area contributed by atoms with Gasteiger partial charge in [-0.25, -0.2) is 0 Å². The molecule has 0 unspecified atom stereocenters. The Morgan fingerprint density at radius 3 is 2.83 bits per heavy atom. The Morgan fingerprint density at radius 1 is 1.75 bits per heavy atom. The Hall–Kier alpha value is -0.830. The highest BCUT2D eigenvalue weighted by Crippen LogP contribution is 2.34. The van der Waals surface area contributed by atoms with Gasteiger partial charge >= 0.3 is 5.97 Å². The quantitative estimate of drug-likeness (QED) is 0.469. The summed E-state index contributed by atoms with van der Waals surface area (Å²) in [6, 6.07) is 0. The first-order valence-corrected chi connectivity index (χ1v) is 3.98. The van der Waals surface area contributed by atoms with E-state index in [2.05, 4.69) is 6.58 Å². The van der Waals surface area contributed by atoms with Crippen molar-refractivity contribution in [1.82, 2.24) is 0 Å². The number of carbonyl (C=O) groups is 1. The summed E-state index contributed by atoms with van der Waals surface area (Å²) in [5.41, 5.74) is -0.421. The van der Waals surface area contributed by atoms with Gasteiger partial charge in [-0.1, -0.05) is 26.5 Å². The number of hydrogen-bond donors (Lipinski definition) is 1. The van der Waals surface area contributed by atoms with Crippen molar-refractivity contribution in [2.24, 2.45) is 5.41 Å². The van der Waals surface area contributed by atoms with Crippen LogP contribution in [0.5, 0.6) is 0 Å². The normalized spacial score (nSPS) is 34.1. The largest absolute Gasteiger partial charge is 0.457 e. The third-order valence-electron chi connectivity index (χ3n) is 2.42. The molecule has 1 N–H and O–H groups in total. The van der Waals surface area contributed by atoms with Crippen LogP contribution in [0.15, 0.2) is 12.7 Å². The van der Waals surface area contributed by atoms with E-state index in [-0.39, 0.29) is 18.5 Å². The van der Waals surface area contributed by atoms with Crippen LogP contribution in [-0.2, 0) is 9.53 Å². The Balaban J connectivity index is 2.84. The van der Waals surface area contributed by atoms with Gasteiger partial charge in [-0.05, 0) is 0 Å². The molecule has 0 amide bonds. The summed E-state index contributed by atoms with van der Waals surface area (Å²) >= 11 is 0. The Labute approximate surface area is 72.0 Å². The molecule has 2 atom stereocenters. The summed E-state index contributed by atoms with van der Waals surface area (Å²) in [6.45, 7) is 7.28. The fourth-order valence-corrected chi connectivity index (χ4v) is 1.30. The number of rotatable bonds is 1. The van der Waals surface area contributed by atoms with E-state index in [4.69, 9.17) is 4.74 Å². The lowest BCUT2D eigenvalue weighted by Crippen LogP contribution is -2.47. The molecule has 1 aliphatic heterocycles. The summed E-state index contributed by atoms with van der Waals surface area (Å²) < 4.78 is 5.00. The maximum Gasteiger partial charge on any atom is 0.309 e. The standard InChI is InChI=1S/C9H14O3/c1-4-7-9(2,3)6(10)5-8(11)12-7/h4,6-7,10H,1,5H2,2-3H3/t6-,7-/m0/s1. The van der Waals surface area contributed by atoms with Crippen molar-refractivity contribution >= 4 is 5.97 Å². The van der Waals surface area contributed by atoms with Crippen LogP contribution in [0.1, 0.15) is 20.3 Å². The van der Waals surface area contributed by atoms with Crippen LogP contribution >= 0.6 is 0 Å². The molecule has 0 aliphatic carbocycles. The molecule has 0 aromatic rings. The molecule has 0 spiro atoms. The van der Waals surface area contributed by atoms with Crippen LogP contribution in [0.3, 0.4) is 0 Å². The van der Waals surface area contributed by atoms with E-state index in [0.717, 1.165) is 0 Å². The van der Waals surface area contributed by atoms with Gasteiger partial charge in [-0.2, -0.15) is 0 Å². The third kappa shape index (κ3) is 1.37. The van der Waals surface area contributed by atoms with E-state index >= 15 is 0 Å². The predicted molar refractivity (Wildman–Crippen MR) is 44.5 cm³/mol. The highest BCUT2D eigenvalue weighted by atomic mass is 16.5. The van der Waals surface area contributed by atoms with E-state index < -0.39 is 11.5 Å². The van der Waals surface area contributed by atoms with Crippen LogP contribution in [0.4, 0.5) is 0 Å². The zero-order chi connectivity index (χ0) is 9.35. The second kappa shape index (κ2) is 2.90. The molecule has 12 heavy (non-hydrogen) atoms. The number of aliphatic hydroxyl groups excluding tert-OH is 1. The van der Waals surface area contributed by atoms with Crippen molar-refractivity contribution in [3.63, 3.8) is 0 Å². The number of ether oxygens (including phenoxy) is 1. The van der Waals surface area contributed by atoms with Gasteiger partial charge in [0.1, 0.15) is 6.10 Å². The lowest BCUT2D eigenvalue weighted by atomic mass is 9.77. The number of carbonyl (C=O) groups excluding carboxylic acids is 1. The smallest absolute Gasteiger partial charge is 0.309 e. The van der Waals surface area contributed by atoms with Crippen LogP contribution in [0.2, 0.25) is 0 Å². The maximum atomic E-state index is 10.9. The average molecular weight is 170 g/mol. The van der Waals surface area contributed by atoms with Gasteiger partial charge in [-0.15, -0.1) is 0 Å². The lowest BCUT2D eigenvalue weighted by molar-refractivity contribution is -0.173. The molecule has 0 aromatic heterocycles. The molecule has 1 aliphatic rings. The molecule has 3 heteroatoms. The van der Waals surface area contributed by atoms with E-state index in [0.29, 0.717) is 0 Å². The van der Waals surface area contributed by atoms with E-state index in [1.54, 1.807) is 6.08 Å². The minimum absolute atomic E-state index is 0.0807. The molecule has 1 saturated heterocycles. The number of cyclic esters (lactones) is 1. The first-order chi connectivity index (χ1) is 5.48. The van der Waals surface area contributed by atoms with E-state index in [1.807, 2.05) is 13.8 Å². The van der Waals surface area contributed by atoms with Crippen LogP contribution in [0.25, 0.3) is 0 Å². The average Bonchev–Trinajstić information content (AvgIpc) is 1.97. The molecule has 0 saturated carbocycles. The fraction of sp³-hybridized carbons (Fsp3) is 0.667. The maximum absolute atomic E-state index is 10.9. The van der Waals surface area contributed by atoms with Gasteiger partial charge in [0.2, 0.25) is 0 Å². The van der Waals surface area contributed by atoms with Crippen LogP contribution < -0.4 is 0 Å². The molecule has 1 heterocycles. The lowest BCUT2D eigenvalue weighted by Gasteiger charge is -2.39. The van der Waals surface area contributed by atoms with Gasteiger partial charge in [-0.3, -0.25) is 4.79 Å². The number of hydrogen-bond acceptors (Lipinski definition) is 3. The van der Waals surface area contributed by atoms with Gasteiger partial charge in [0.25, 0.3) is 0 Å². The summed E-state index contributed by atoms with van der Waals surface area (Å²) in [6.07, 6.45) is 0.618. The zero-order valence-corrected chi connectivity index (χ0v) is 7.41. The summed E-state index contributed by atoms with van der Waals surface area (Å²) in [5, 5.41) is 9.56. The minimum Gasteiger partial charge on any atom is -0.457 e. The van der Waals surface area contributed by atoms with E-state index in [1.165, 1.54) is 0 Å². The highest BCUT2D eigenvalue weighted by molar-refractivity contribution is 5.71. The number of esters is 1. The monoisotopic (exact) mass is 170 g/mol. The van der Waals surface area contributed by atoms with Gasteiger partial charge in [0.05, 0.1) is 12.5 Å². The molecule has 3 nitrogen and oxygen atoms in total. The molecule has 1 rings (SSSR count). The molecular weight excluding hydrogens is 156 g/mol. The van der Waals surface area contributed by atoms with Crippen molar-refractivity contribution in [1.29, 1.82) is 0 Å². The predicted octanol–water partition coefficient (Wildman–Crippen LogP) is 0.875. The fourth-order valence-electron chi connectivity index (χ4n) is 1.30. The zero-order valence-electron chi connectivity index (χ0n) is 7.41. The van der Waals surface area contributed by atoms with Crippen molar-refractivity contribution in [2.45, 2.75) is 32.5 Å². The molecule has 0 bridgehead atoms. The molecular formula is C9H14O3. The highest BCUT2D eigenvalue weighted by Gasteiger charge is 2.42. The van der Waals surface area contributed by atoms with Crippen LogP contribution in [0, 0.1) is 5.41 Å². The van der Waals surface area contributed by atoms with Gasteiger partial charge < -0.3 is 9.84 Å². The number of aliphatic hydroxyl groups is 1. The molecule has 0 aromatic carbocycles. The van der Waals surface area contributed by atoms with Crippen molar-refractivity contribution in [2.75, 3.05) is 0 Å². The summed E-state index contributed by atoms with van der Waals surface area (Å²) in [7, 11) is 0.